The highest BCUT2D eigenvalue weighted by molar-refractivity contribution is 5.87. The summed E-state index contributed by atoms with van der Waals surface area (Å²) in [4.78, 5) is 23.5. The Morgan fingerprint density at radius 1 is 1.23 bits per heavy atom. The minimum atomic E-state index is -1.24. The average Bonchev–Trinajstić information content (AvgIpc) is 2.53. The fraction of sp³-hybridized carbons (Fsp3) is 0.250. The quantitative estimate of drug-likeness (QED) is 0.881. The number of aromatic nitrogens is 1. The van der Waals surface area contributed by atoms with Gasteiger partial charge in [0.15, 0.2) is 0 Å². The van der Waals surface area contributed by atoms with Gasteiger partial charge in [-0.2, -0.15) is 0 Å². The summed E-state index contributed by atoms with van der Waals surface area (Å²) < 4.78 is 11.6. The Morgan fingerprint density at radius 3 is 2.64 bits per heavy atom. The van der Waals surface area contributed by atoms with Crippen molar-refractivity contribution >= 4 is 5.97 Å². The molecule has 1 aromatic carbocycles. The van der Waals surface area contributed by atoms with Gasteiger partial charge in [-0.05, 0) is 24.3 Å². The molecular formula is C16H17NO5. The van der Waals surface area contributed by atoms with E-state index in [9.17, 15) is 9.59 Å². The number of pyridine rings is 1. The Bertz CT molecular complexity index is 736. The summed E-state index contributed by atoms with van der Waals surface area (Å²) in [5.74, 6) is -0.584. The van der Waals surface area contributed by atoms with Crippen LogP contribution in [0.4, 0.5) is 0 Å². The zero-order chi connectivity index (χ0) is 16.1. The number of carboxylic acid groups (broad SMARTS) is 1. The highest BCUT2D eigenvalue weighted by Gasteiger charge is 2.15. The van der Waals surface area contributed by atoms with Crippen LogP contribution in [0.3, 0.4) is 0 Å². The Morgan fingerprint density at radius 2 is 2.00 bits per heavy atom. The number of ether oxygens (including phenoxy) is 2. The lowest BCUT2D eigenvalue weighted by Crippen LogP contribution is -2.28. The van der Waals surface area contributed by atoms with Crippen molar-refractivity contribution in [3.05, 3.63) is 52.3 Å². The molecule has 0 radical (unpaired) electrons. The maximum Gasteiger partial charge on any atom is 0.341 e. The molecule has 0 aliphatic heterocycles. The minimum absolute atomic E-state index is 0.261. The van der Waals surface area contributed by atoms with Crippen LogP contribution in [0.2, 0.25) is 0 Å². The van der Waals surface area contributed by atoms with Crippen LogP contribution in [0, 0.1) is 0 Å². The normalized spacial score (nSPS) is 10.5. The number of nitrogens with zero attached hydrogens (tertiary/aromatic N) is 1. The molecular weight excluding hydrogens is 286 g/mol. The standard InChI is InChI=1S/C16H17NO5/c1-21-9-8-17-14(7-6-13(15(17)18)16(19)20)11-4-3-5-12(10-11)22-2/h3-7,10H,8-9H2,1-2H3,(H,19,20). The Kier molecular flexibility index (Phi) is 4.95. The predicted octanol–water partition coefficient (Wildman–Crippen LogP) is 1.87. The van der Waals surface area contributed by atoms with Crippen molar-refractivity contribution in [1.82, 2.24) is 4.57 Å². The second-order valence-corrected chi connectivity index (χ2v) is 4.62. The second-order valence-electron chi connectivity index (χ2n) is 4.62. The van der Waals surface area contributed by atoms with Crippen LogP contribution < -0.4 is 10.3 Å². The SMILES string of the molecule is COCCn1c(-c2cccc(OC)c2)ccc(C(=O)O)c1=O. The van der Waals surface area contributed by atoms with Gasteiger partial charge in [-0.1, -0.05) is 12.1 Å². The van der Waals surface area contributed by atoms with E-state index in [0.717, 1.165) is 5.56 Å². The first kappa shape index (κ1) is 15.8. The van der Waals surface area contributed by atoms with Crippen molar-refractivity contribution in [2.75, 3.05) is 20.8 Å². The third kappa shape index (κ3) is 3.17. The monoisotopic (exact) mass is 303 g/mol. The lowest BCUT2D eigenvalue weighted by molar-refractivity contribution is 0.0694. The van der Waals surface area contributed by atoms with Crippen molar-refractivity contribution in [3.63, 3.8) is 0 Å². The summed E-state index contributed by atoms with van der Waals surface area (Å²) in [6, 6.07) is 10.2. The van der Waals surface area contributed by atoms with Crippen molar-refractivity contribution in [2.24, 2.45) is 0 Å². The number of hydrogen-bond acceptors (Lipinski definition) is 4. The van der Waals surface area contributed by atoms with Crippen molar-refractivity contribution < 1.29 is 19.4 Å². The Balaban J connectivity index is 2.61. The number of methoxy groups -OCH3 is 2. The van der Waals surface area contributed by atoms with Crippen LogP contribution in [0.1, 0.15) is 10.4 Å². The van der Waals surface area contributed by atoms with Gasteiger partial charge in [0.25, 0.3) is 5.56 Å². The molecule has 0 bridgehead atoms. The molecule has 0 unspecified atom stereocenters. The molecule has 1 N–H and O–H groups in total. The largest absolute Gasteiger partial charge is 0.497 e. The highest BCUT2D eigenvalue weighted by Crippen LogP contribution is 2.23. The van der Waals surface area contributed by atoms with E-state index < -0.39 is 11.5 Å². The molecule has 6 nitrogen and oxygen atoms in total. The lowest BCUT2D eigenvalue weighted by Gasteiger charge is -2.14. The van der Waals surface area contributed by atoms with Gasteiger partial charge in [-0.3, -0.25) is 4.79 Å². The third-order valence-electron chi connectivity index (χ3n) is 3.29. The number of carbonyl (C=O) groups is 1. The molecule has 1 aromatic heterocycles. The zero-order valence-corrected chi connectivity index (χ0v) is 12.4. The van der Waals surface area contributed by atoms with Crippen molar-refractivity contribution in [2.45, 2.75) is 6.54 Å². The topological polar surface area (TPSA) is 77.8 Å². The maximum absolute atomic E-state index is 12.4. The molecule has 116 valence electrons. The van der Waals surface area contributed by atoms with Crippen LogP contribution in [0.25, 0.3) is 11.3 Å². The van der Waals surface area contributed by atoms with E-state index in [-0.39, 0.29) is 12.1 Å². The van der Waals surface area contributed by atoms with Gasteiger partial charge in [0, 0.05) is 19.2 Å². The van der Waals surface area contributed by atoms with E-state index >= 15 is 0 Å². The summed E-state index contributed by atoms with van der Waals surface area (Å²) in [6.07, 6.45) is 0. The van der Waals surface area contributed by atoms with E-state index in [1.54, 1.807) is 25.3 Å². The number of rotatable bonds is 6. The maximum atomic E-state index is 12.4. The number of hydrogen-bond donors (Lipinski definition) is 1. The van der Waals surface area contributed by atoms with Crippen LogP contribution in [-0.2, 0) is 11.3 Å². The molecule has 6 heteroatoms. The van der Waals surface area contributed by atoms with Gasteiger partial charge in [-0.15, -0.1) is 0 Å². The van der Waals surface area contributed by atoms with Gasteiger partial charge >= 0.3 is 5.97 Å². The minimum Gasteiger partial charge on any atom is -0.497 e. The summed E-state index contributed by atoms with van der Waals surface area (Å²) in [7, 11) is 3.09. The van der Waals surface area contributed by atoms with E-state index in [2.05, 4.69) is 0 Å². The summed E-state index contributed by atoms with van der Waals surface area (Å²) in [6.45, 7) is 0.572. The summed E-state index contributed by atoms with van der Waals surface area (Å²) in [5.41, 5.74) is 0.572. The highest BCUT2D eigenvalue weighted by atomic mass is 16.5. The molecule has 22 heavy (non-hydrogen) atoms. The van der Waals surface area contributed by atoms with Crippen molar-refractivity contribution in [3.8, 4) is 17.0 Å². The van der Waals surface area contributed by atoms with E-state index in [1.165, 1.54) is 17.7 Å². The van der Waals surface area contributed by atoms with Crippen LogP contribution in [0.15, 0.2) is 41.2 Å². The molecule has 0 aliphatic carbocycles. The van der Waals surface area contributed by atoms with Crippen LogP contribution in [-0.4, -0.2) is 36.5 Å². The van der Waals surface area contributed by atoms with E-state index in [4.69, 9.17) is 14.6 Å². The molecule has 0 saturated carbocycles. The second kappa shape index (κ2) is 6.91. The van der Waals surface area contributed by atoms with Crippen molar-refractivity contribution in [1.29, 1.82) is 0 Å². The Hall–Kier alpha value is -2.60. The smallest absolute Gasteiger partial charge is 0.341 e. The molecule has 0 fully saturated rings. The predicted molar refractivity (Wildman–Crippen MR) is 81.5 cm³/mol. The zero-order valence-electron chi connectivity index (χ0n) is 12.4. The first-order valence-corrected chi connectivity index (χ1v) is 6.69. The van der Waals surface area contributed by atoms with E-state index in [1.807, 2.05) is 12.1 Å². The summed E-state index contributed by atoms with van der Waals surface area (Å²) in [5, 5.41) is 9.09. The first-order valence-electron chi connectivity index (χ1n) is 6.69. The number of aromatic carboxylic acids is 1. The van der Waals surface area contributed by atoms with Crippen LogP contribution in [0.5, 0.6) is 5.75 Å². The van der Waals surface area contributed by atoms with Gasteiger partial charge in [0.2, 0.25) is 0 Å². The molecule has 2 aromatic rings. The van der Waals surface area contributed by atoms with Gasteiger partial charge in [-0.25, -0.2) is 4.79 Å². The average molecular weight is 303 g/mol. The molecule has 0 saturated heterocycles. The number of carboxylic acids is 1. The molecule has 0 aliphatic rings. The van der Waals surface area contributed by atoms with Crippen LogP contribution >= 0.6 is 0 Å². The first-order chi connectivity index (χ1) is 10.6. The summed E-state index contributed by atoms with van der Waals surface area (Å²) >= 11 is 0. The van der Waals surface area contributed by atoms with Gasteiger partial charge < -0.3 is 19.1 Å². The number of benzene rings is 1. The fourth-order valence-electron chi connectivity index (χ4n) is 2.18. The molecule has 1 heterocycles. The molecule has 0 amide bonds. The lowest BCUT2D eigenvalue weighted by atomic mass is 10.1. The van der Waals surface area contributed by atoms with Gasteiger partial charge in [0.1, 0.15) is 11.3 Å². The molecule has 0 atom stereocenters. The Labute approximate surface area is 127 Å². The van der Waals surface area contributed by atoms with E-state index in [0.29, 0.717) is 18.1 Å². The third-order valence-corrected chi connectivity index (χ3v) is 3.29. The molecule has 0 spiro atoms. The fourth-order valence-corrected chi connectivity index (χ4v) is 2.18. The molecule has 2 rings (SSSR count). The van der Waals surface area contributed by atoms with Gasteiger partial charge in [0.05, 0.1) is 19.4 Å².